The second-order valence-corrected chi connectivity index (χ2v) is 29.9. The Bertz CT molecular complexity index is 6640. The predicted molar refractivity (Wildman–Crippen MR) is 467 cm³/mol. The summed E-state index contributed by atoms with van der Waals surface area (Å²) in [5, 5.41) is 3.11. The molecule has 1 radical (unpaired) electrons. The smallest absolute Gasteiger partial charge is 0.357 e. The van der Waals surface area contributed by atoms with E-state index in [1.54, 1.807) is 0 Å². The summed E-state index contributed by atoms with van der Waals surface area (Å²) in [5.74, 6) is 1.73. The Morgan fingerprint density at radius 3 is 0.521 bits per heavy atom. The fraction of sp³-hybridized carbons (Fsp3) is 0.0370. The molecule has 21 rings (SSSR count). The Morgan fingerprint density at radius 1 is 0.145 bits per heavy atom. The third-order valence-corrected chi connectivity index (χ3v) is 23.9. The molecule has 0 unspecified atom stereocenters. The molecule has 2 aliphatic rings. The van der Waals surface area contributed by atoms with Crippen LogP contribution in [0.5, 0.6) is 0 Å². The van der Waals surface area contributed by atoms with E-state index in [1.165, 1.54) is 0 Å². The zero-order valence-corrected chi connectivity index (χ0v) is 64.4. The van der Waals surface area contributed by atoms with Crippen molar-refractivity contribution in [2.24, 2.45) is 0 Å². The molecule has 8 nitrogen and oxygen atoms in total. The van der Waals surface area contributed by atoms with Gasteiger partial charge in [0.15, 0.2) is 0 Å². The van der Waals surface area contributed by atoms with Gasteiger partial charge in [0.2, 0.25) is 0 Å². The standard InChI is InChI=1S/C108H72N8.Cu/c1-13-37-73(38-14-1)105(74-39-15-2-16-40-74,75-41-17-3-18-42-75)85-61-65-89-93(69-85)101-110-97(89)109-98-90-66-62-86(106(76-43-19-4-20-44-76,77-45-21-5-22-46-77)78-47-23-6-24-48-78)70-94(90)102(111-98)113-100-92-68-64-88(108(82-55-31-10-32-56-82,83-57-33-11-34-58-83)84-59-35-12-36-60-84)72-96(92)104(115-100)116-103-95-71-87(63-67-91(95)99(112-101)114-103)107(79-49-25-7-26-50-79,80-51-27-8-28-52-80)81-53-29-9-30-54-81;/h1-72H;/q-2;+2. The molecule has 9 heteroatoms. The molecule has 0 saturated carbocycles. The van der Waals surface area contributed by atoms with Crippen molar-refractivity contribution in [3.63, 3.8) is 0 Å². The number of hydrogen-bond donors (Lipinski definition) is 0. The third kappa shape index (κ3) is 11.6. The molecule has 117 heavy (non-hydrogen) atoms. The second-order valence-electron chi connectivity index (χ2n) is 29.9. The molecule has 0 amide bonds. The SMILES string of the molecule is [Cu+2].c1ccc(C(c2ccccc2)(c2ccccc2)c2ccc3c(c2)-c2nc-3nc3[n-]c(nc4nc(nc5[n-]c(n2)c2ccc(C(c6ccccc6)(c6ccccc6)c6ccccc6)cc52)-c2cc(C(c5ccccc5)(c5ccccc5)c5ccccc5)ccc2-4)c2cc(C(c4ccccc4)(c4ccccc4)c4ccccc4)ccc32)cc1. The maximum absolute atomic E-state index is 5.93. The van der Waals surface area contributed by atoms with Crippen molar-refractivity contribution in [3.05, 3.63) is 526 Å². The Balaban J connectivity index is 0.00000881. The van der Waals surface area contributed by atoms with E-state index in [-0.39, 0.29) is 17.1 Å². The molecule has 0 fully saturated rings. The van der Waals surface area contributed by atoms with Gasteiger partial charge in [0.1, 0.15) is 0 Å². The number of aromatic nitrogens is 8. The molecule has 16 aromatic carbocycles. The molecule has 0 N–H and O–H groups in total. The molecular formula is C108H72CuN8. The first-order valence-electron chi connectivity index (χ1n) is 39.5. The summed E-state index contributed by atoms with van der Waals surface area (Å²) in [4.78, 5) is 46.1. The van der Waals surface area contributed by atoms with E-state index in [0.717, 1.165) is 133 Å². The molecule has 0 atom stereocenters. The van der Waals surface area contributed by atoms with Crippen LogP contribution >= 0.6 is 0 Å². The van der Waals surface area contributed by atoms with Crippen LogP contribution in [0, 0.1) is 0 Å². The molecule has 8 bridgehead atoms. The first-order valence-corrected chi connectivity index (χ1v) is 39.5. The van der Waals surface area contributed by atoms with Crippen molar-refractivity contribution in [1.29, 1.82) is 0 Å². The van der Waals surface area contributed by atoms with Gasteiger partial charge in [-0.05, 0) is 135 Å². The number of benzene rings is 16. The fourth-order valence-electron chi connectivity index (χ4n) is 18.9. The maximum atomic E-state index is 5.93. The van der Waals surface area contributed by atoms with Gasteiger partial charge >= 0.3 is 17.1 Å². The number of rotatable bonds is 16. The van der Waals surface area contributed by atoms with E-state index < -0.39 is 21.7 Å². The van der Waals surface area contributed by atoms with Gasteiger partial charge in [0.25, 0.3) is 0 Å². The van der Waals surface area contributed by atoms with Crippen molar-refractivity contribution in [1.82, 2.24) is 39.9 Å². The Labute approximate surface area is 689 Å². The normalized spacial score (nSPS) is 12.0. The summed E-state index contributed by atoms with van der Waals surface area (Å²) in [5.41, 5.74) is 18.7. The largest absolute Gasteiger partial charge is 2.00 e. The van der Waals surface area contributed by atoms with Gasteiger partial charge in [0.05, 0.1) is 45.0 Å². The van der Waals surface area contributed by atoms with Gasteiger partial charge in [0, 0.05) is 44.8 Å². The van der Waals surface area contributed by atoms with E-state index in [4.69, 9.17) is 39.9 Å². The van der Waals surface area contributed by atoms with Crippen molar-refractivity contribution < 1.29 is 17.1 Å². The van der Waals surface area contributed by atoms with Crippen LogP contribution in [-0.4, -0.2) is 29.9 Å². The Morgan fingerprint density at radius 2 is 0.316 bits per heavy atom. The molecular weight excluding hydrogens is 1470 g/mol. The minimum atomic E-state index is -0.837. The first kappa shape index (κ1) is 71.4. The Kier molecular flexibility index (Phi) is 18.2. The average molecular weight is 1550 g/mol. The fourth-order valence-corrected chi connectivity index (χ4v) is 18.9. The molecule has 2 aliphatic heterocycles. The number of fused-ring (bicyclic) bond motifs is 20. The second kappa shape index (κ2) is 29.7. The molecule has 5 heterocycles. The van der Waals surface area contributed by atoms with E-state index in [0.29, 0.717) is 45.9 Å². The van der Waals surface area contributed by atoms with Crippen LogP contribution in [-0.2, 0) is 38.7 Å². The molecule has 0 saturated heterocycles. The average Bonchev–Trinajstić information content (AvgIpc) is 1.70. The van der Waals surface area contributed by atoms with Gasteiger partial charge in [-0.25, -0.2) is 9.97 Å². The first-order chi connectivity index (χ1) is 57.5. The molecule has 0 spiro atoms. The molecule has 3 aromatic heterocycles. The number of nitrogens with zero attached hydrogens (tertiary/aromatic N) is 8. The van der Waals surface area contributed by atoms with Crippen LogP contribution in [0.4, 0.5) is 0 Å². The Hall–Kier alpha value is -14.6. The summed E-state index contributed by atoms with van der Waals surface area (Å²) < 4.78 is 0. The van der Waals surface area contributed by atoms with Crippen LogP contribution < -0.4 is 9.97 Å². The van der Waals surface area contributed by atoms with Crippen molar-refractivity contribution >= 4 is 44.1 Å². The predicted octanol–water partition coefficient (Wildman–Crippen LogP) is 23.7. The maximum Gasteiger partial charge on any atom is 2.00 e. The monoisotopic (exact) mass is 1540 g/mol. The molecule has 19 aromatic rings. The van der Waals surface area contributed by atoms with E-state index in [2.05, 4.69) is 437 Å². The van der Waals surface area contributed by atoms with Crippen LogP contribution in [0.15, 0.2) is 437 Å². The molecule has 555 valence electrons. The minimum absolute atomic E-state index is 0. The van der Waals surface area contributed by atoms with Crippen LogP contribution in [0.1, 0.15) is 89.0 Å². The summed E-state index contributed by atoms with van der Waals surface area (Å²) in [6, 6.07) is 157. The number of hydrogen-bond acceptors (Lipinski definition) is 6. The topological polar surface area (TPSA) is 106 Å². The quantitative estimate of drug-likeness (QED) is 0.0696. The van der Waals surface area contributed by atoms with Gasteiger partial charge in [-0.3, -0.25) is 0 Å². The van der Waals surface area contributed by atoms with Crippen LogP contribution in [0.25, 0.3) is 89.7 Å². The van der Waals surface area contributed by atoms with Crippen molar-refractivity contribution in [2.45, 2.75) is 21.7 Å². The molecule has 0 aliphatic carbocycles. The van der Waals surface area contributed by atoms with Gasteiger partial charge in [-0.1, -0.05) is 413 Å². The van der Waals surface area contributed by atoms with Crippen molar-refractivity contribution in [2.75, 3.05) is 0 Å². The third-order valence-electron chi connectivity index (χ3n) is 23.9. The van der Waals surface area contributed by atoms with E-state index in [1.807, 2.05) is 0 Å². The van der Waals surface area contributed by atoms with Gasteiger partial charge in [-0.2, -0.15) is 0 Å². The van der Waals surface area contributed by atoms with Crippen LogP contribution in [0.2, 0.25) is 0 Å². The van der Waals surface area contributed by atoms with Gasteiger partial charge < -0.3 is 29.9 Å². The van der Waals surface area contributed by atoms with Crippen LogP contribution in [0.3, 0.4) is 0 Å². The summed E-state index contributed by atoms with van der Waals surface area (Å²) in [6.45, 7) is 0. The van der Waals surface area contributed by atoms with Gasteiger partial charge in [-0.15, -0.1) is 0 Å². The summed E-state index contributed by atoms with van der Waals surface area (Å²) >= 11 is 0. The van der Waals surface area contributed by atoms with E-state index >= 15 is 0 Å². The minimum Gasteiger partial charge on any atom is -0.357 e. The summed E-state index contributed by atoms with van der Waals surface area (Å²) in [7, 11) is 0. The zero-order valence-electron chi connectivity index (χ0n) is 63.4. The van der Waals surface area contributed by atoms with E-state index in [9.17, 15) is 0 Å². The van der Waals surface area contributed by atoms with Crippen molar-refractivity contribution in [3.8, 4) is 45.6 Å². The zero-order chi connectivity index (χ0) is 77.0. The summed E-state index contributed by atoms with van der Waals surface area (Å²) in [6.07, 6.45) is 0.